The minimum Gasteiger partial charge on any atom is -0.367 e. The number of hydrogen-bond acceptors (Lipinski definition) is 6. The van der Waals surface area contributed by atoms with Crippen molar-refractivity contribution in [3.8, 4) is 0 Å². The number of hydrogen-bond donors (Lipinski definition) is 1. The van der Waals surface area contributed by atoms with E-state index in [-0.39, 0.29) is 10.8 Å². The van der Waals surface area contributed by atoms with Crippen LogP contribution in [0.1, 0.15) is 19.3 Å². The highest BCUT2D eigenvalue weighted by Gasteiger charge is 2.34. The summed E-state index contributed by atoms with van der Waals surface area (Å²) in [6.45, 7) is 0.984. The fourth-order valence-electron chi connectivity index (χ4n) is 3.84. The fraction of sp³-hybridized carbons (Fsp3) is 0.350. The lowest BCUT2D eigenvalue weighted by Crippen LogP contribution is -2.30. The molecule has 2 aliphatic rings. The monoisotopic (exact) mass is 447 g/mol. The van der Waals surface area contributed by atoms with E-state index in [9.17, 15) is 4.79 Å². The standard InChI is InChI=1S/C20H19Cl2N5OS/c1-26-15-6-3-11(24-18-14(21)10-23-20(22)25-18)9-13(15)16-17(19(26)28)29-8-2-7-27(16)12-4-5-12/h3,6,9-10,12H,2,4-5,7-8H2,1H3,(H,23,24,25). The molecule has 6 nitrogen and oxygen atoms in total. The normalized spacial score (nSPS) is 16.6. The molecule has 0 radical (unpaired) electrons. The van der Waals surface area contributed by atoms with Gasteiger partial charge in [0.05, 0.1) is 22.3 Å². The molecule has 5 rings (SSSR count). The van der Waals surface area contributed by atoms with Crippen LogP contribution >= 0.6 is 35.0 Å². The molecule has 1 aromatic carbocycles. The van der Waals surface area contributed by atoms with Crippen LogP contribution in [0.25, 0.3) is 10.9 Å². The van der Waals surface area contributed by atoms with E-state index in [1.165, 1.54) is 19.0 Å². The van der Waals surface area contributed by atoms with Crippen LogP contribution in [0.2, 0.25) is 10.3 Å². The van der Waals surface area contributed by atoms with Gasteiger partial charge in [0.25, 0.3) is 5.56 Å². The number of pyridine rings is 1. The van der Waals surface area contributed by atoms with Gasteiger partial charge in [-0.15, -0.1) is 11.8 Å². The number of nitrogens with one attached hydrogen (secondary N) is 1. The zero-order valence-corrected chi connectivity index (χ0v) is 18.1. The lowest BCUT2D eigenvalue weighted by atomic mass is 10.1. The van der Waals surface area contributed by atoms with Crippen molar-refractivity contribution in [2.75, 3.05) is 22.5 Å². The smallest absolute Gasteiger partial charge is 0.266 e. The summed E-state index contributed by atoms with van der Waals surface area (Å²) in [4.78, 5) is 24.4. The van der Waals surface area contributed by atoms with Crippen molar-refractivity contribution in [2.24, 2.45) is 7.05 Å². The number of thioether (sulfide) groups is 1. The molecule has 3 aromatic rings. The largest absolute Gasteiger partial charge is 0.367 e. The van der Waals surface area contributed by atoms with Crippen LogP contribution in [0.15, 0.2) is 34.1 Å². The number of anilines is 3. The van der Waals surface area contributed by atoms with Gasteiger partial charge in [0.2, 0.25) is 5.28 Å². The first-order chi connectivity index (χ1) is 14.0. The summed E-state index contributed by atoms with van der Waals surface area (Å²) in [5, 5.41) is 4.82. The number of benzene rings is 1. The molecule has 9 heteroatoms. The van der Waals surface area contributed by atoms with Crippen molar-refractivity contribution in [1.29, 1.82) is 0 Å². The van der Waals surface area contributed by atoms with Crippen molar-refractivity contribution in [2.45, 2.75) is 30.2 Å². The highest BCUT2D eigenvalue weighted by atomic mass is 35.5. The molecule has 1 aliphatic carbocycles. The number of aromatic nitrogens is 3. The molecule has 0 bridgehead atoms. The average molecular weight is 448 g/mol. The first kappa shape index (κ1) is 19.0. The van der Waals surface area contributed by atoms with Crippen molar-refractivity contribution < 1.29 is 0 Å². The SMILES string of the molecule is Cn1c(=O)c2c(c3cc(Nc4nc(Cl)ncc4Cl)ccc31)N(C1CC1)CCCS2. The molecule has 1 aliphatic heterocycles. The lowest BCUT2D eigenvalue weighted by molar-refractivity contribution is 0.764. The van der Waals surface area contributed by atoms with E-state index in [1.807, 2.05) is 19.2 Å². The third-order valence-electron chi connectivity index (χ3n) is 5.37. The molecule has 150 valence electrons. The molecule has 1 N–H and O–H groups in total. The van der Waals surface area contributed by atoms with E-state index in [4.69, 9.17) is 23.2 Å². The van der Waals surface area contributed by atoms with Crippen molar-refractivity contribution in [1.82, 2.24) is 14.5 Å². The van der Waals surface area contributed by atoms with Gasteiger partial charge in [0.1, 0.15) is 5.02 Å². The first-order valence-electron chi connectivity index (χ1n) is 9.54. The zero-order valence-electron chi connectivity index (χ0n) is 15.8. The second kappa shape index (κ2) is 7.38. The second-order valence-electron chi connectivity index (χ2n) is 7.36. The van der Waals surface area contributed by atoms with E-state index < -0.39 is 0 Å². The van der Waals surface area contributed by atoms with Gasteiger partial charge in [0, 0.05) is 30.7 Å². The zero-order chi connectivity index (χ0) is 20.1. The van der Waals surface area contributed by atoms with Crippen LogP contribution < -0.4 is 15.8 Å². The minimum atomic E-state index is 0.0800. The van der Waals surface area contributed by atoms with Gasteiger partial charge < -0.3 is 14.8 Å². The van der Waals surface area contributed by atoms with Gasteiger partial charge in [-0.05, 0) is 54.8 Å². The molecule has 0 spiro atoms. The number of aryl methyl sites for hydroxylation is 1. The van der Waals surface area contributed by atoms with Gasteiger partial charge in [-0.2, -0.15) is 4.98 Å². The van der Waals surface area contributed by atoms with E-state index in [0.29, 0.717) is 16.9 Å². The first-order valence-corrected chi connectivity index (χ1v) is 11.3. The predicted octanol–water partition coefficient (Wildman–Crippen LogP) is 4.84. The highest BCUT2D eigenvalue weighted by molar-refractivity contribution is 7.99. The molecule has 3 heterocycles. The minimum absolute atomic E-state index is 0.0800. The summed E-state index contributed by atoms with van der Waals surface area (Å²) in [6, 6.07) is 6.50. The Morgan fingerprint density at radius 1 is 1.28 bits per heavy atom. The summed E-state index contributed by atoms with van der Waals surface area (Å²) in [5.41, 5.74) is 2.90. The van der Waals surface area contributed by atoms with E-state index in [2.05, 4.69) is 26.3 Å². The summed E-state index contributed by atoms with van der Waals surface area (Å²) in [5.74, 6) is 1.42. The summed E-state index contributed by atoms with van der Waals surface area (Å²) in [7, 11) is 1.84. The molecular weight excluding hydrogens is 429 g/mol. The Balaban J connectivity index is 1.69. The Morgan fingerprint density at radius 2 is 2.10 bits per heavy atom. The number of nitrogens with zero attached hydrogens (tertiary/aromatic N) is 4. The molecule has 0 amide bonds. The fourth-order valence-corrected chi connectivity index (χ4v) is 5.21. The van der Waals surface area contributed by atoms with Gasteiger partial charge in [-0.3, -0.25) is 4.79 Å². The Bertz CT molecular complexity index is 1180. The predicted molar refractivity (Wildman–Crippen MR) is 120 cm³/mol. The summed E-state index contributed by atoms with van der Waals surface area (Å²) < 4.78 is 1.75. The van der Waals surface area contributed by atoms with Crippen LogP contribution in [0, 0.1) is 0 Å². The molecule has 2 aromatic heterocycles. The highest BCUT2D eigenvalue weighted by Crippen LogP contribution is 2.43. The van der Waals surface area contributed by atoms with Crippen LogP contribution in [0.3, 0.4) is 0 Å². The van der Waals surface area contributed by atoms with Crippen LogP contribution in [0.5, 0.6) is 0 Å². The number of rotatable bonds is 3. The van der Waals surface area contributed by atoms with Gasteiger partial charge in [0.15, 0.2) is 5.82 Å². The maximum atomic E-state index is 13.1. The molecule has 1 fully saturated rings. The quantitative estimate of drug-likeness (QED) is 0.579. The molecule has 0 unspecified atom stereocenters. The third-order valence-corrected chi connectivity index (χ3v) is 6.98. The number of halogens is 2. The van der Waals surface area contributed by atoms with Crippen molar-refractivity contribution in [3.63, 3.8) is 0 Å². The molecule has 0 atom stereocenters. The molecule has 1 saturated carbocycles. The average Bonchev–Trinajstić information content (AvgIpc) is 3.55. The summed E-state index contributed by atoms with van der Waals surface area (Å²) >= 11 is 13.8. The lowest BCUT2D eigenvalue weighted by Gasteiger charge is -2.26. The second-order valence-corrected chi connectivity index (χ2v) is 9.21. The van der Waals surface area contributed by atoms with E-state index in [0.717, 1.165) is 45.9 Å². The van der Waals surface area contributed by atoms with Crippen molar-refractivity contribution >= 4 is 63.1 Å². The van der Waals surface area contributed by atoms with Crippen molar-refractivity contribution in [3.05, 3.63) is 45.1 Å². The van der Waals surface area contributed by atoms with Gasteiger partial charge >= 0.3 is 0 Å². The number of fused-ring (bicyclic) bond motifs is 3. The Labute approximate surface area is 182 Å². The Hall–Kier alpha value is -1.96. The summed E-state index contributed by atoms with van der Waals surface area (Å²) in [6.07, 6.45) is 4.93. The topological polar surface area (TPSA) is 63.1 Å². The van der Waals surface area contributed by atoms with Gasteiger partial charge in [-0.1, -0.05) is 11.6 Å². The Kier molecular flexibility index (Phi) is 4.84. The molecule has 29 heavy (non-hydrogen) atoms. The van der Waals surface area contributed by atoms with E-state index >= 15 is 0 Å². The maximum absolute atomic E-state index is 13.1. The molecule has 0 saturated heterocycles. The van der Waals surface area contributed by atoms with E-state index in [1.54, 1.807) is 16.3 Å². The molecular formula is C20H19Cl2N5OS. The third kappa shape index (κ3) is 3.45. The maximum Gasteiger partial charge on any atom is 0.266 e. The van der Waals surface area contributed by atoms with Gasteiger partial charge in [-0.25, -0.2) is 4.98 Å². The van der Waals surface area contributed by atoms with Crippen LogP contribution in [0.4, 0.5) is 17.2 Å². The van der Waals surface area contributed by atoms with Crippen LogP contribution in [-0.4, -0.2) is 32.9 Å². The Morgan fingerprint density at radius 3 is 2.90 bits per heavy atom. The van der Waals surface area contributed by atoms with Crippen LogP contribution in [-0.2, 0) is 7.05 Å².